The quantitative estimate of drug-likeness (QED) is 0.414. The van der Waals surface area contributed by atoms with Crippen LogP contribution in [-0.2, 0) is 11.3 Å². The van der Waals surface area contributed by atoms with Crippen molar-refractivity contribution in [1.82, 2.24) is 19.7 Å². The molecule has 0 saturated carbocycles. The lowest BCUT2D eigenvalue weighted by atomic mass is 10.1. The molecule has 186 valence electrons. The van der Waals surface area contributed by atoms with Gasteiger partial charge >= 0.3 is 6.29 Å². The molecule has 5 rings (SSSR count). The SMILES string of the molecule is CCN(C(=O)Cn1nc(-c2cc(Cl)cc(OC)c2)c2nc[nH]c2c1=O)c1ccc2c(c1)OC(F)(F)O2. The normalized spacial score (nSPS) is 13.7. The molecule has 0 unspecified atom stereocenters. The van der Waals surface area contributed by atoms with Crippen LogP contribution >= 0.6 is 11.6 Å². The number of benzene rings is 2. The summed E-state index contributed by atoms with van der Waals surface area (Å²) in [5.74, 6) is -0.375. The molecule has 0 saturated heterocycles. The van der Waals surface area contributed by atoms with Crippen LogP contribution in [-0.4, -0.2) is 45.6 Å². The summed E-state index contributed by atoms with van der Waals surface area (Å²) >= 11 is 6.21. The molecular formula is C23H18ClF2N5O5. The first-order chi connectivity index (χ1) is 17.2. The largest absolute Gasteiger partial charge is 0.586 e. The zero-order valence-corrected chi connectivity index (χ0v) is 19.7. The topological polar surface area (TPSA) is 112 Å². The molecule has 0 atom stereocenters. The minimum absolute atomic E-state index is 0.142. The van der Waals surface area contributed by atoms with Crippen LogP contribution in [0.4, 0.5) is 14.5 Å². The van der Waals surface area contributed by atoms with E-state index in [9.17, 15) is 18.4 Å². The molecule has 13 heteroatoms. The number of aromatic amines is 1. The number of aromatic nitrogens is 4. The molecule has 2 aromatic heterocycles. The minimum atomic E-state index is -3.78. The number of amides is 1. The van der Waals surface area contributed by atoms with Crippen LogP contribution in [0.2, 0.25) is 5.02 Å². The number of hydrogen-bond acceptors (Lipinski definition) is 7. The molecule has 10 nitrogen and oxygen atoms in total. The third-order valence-corrected chi connectivity index (χ3v) is 5.73. The molecular weight excluding hydrogens is 500 g/mol. The Balaban J connectivity index is 1.51. The van der Waals surface area contributed by atoms with Gasteiger partial charge < -0.3 is 24.1 Å². The van der Waals surface area contributed by atoms with Crippen LogP contribution in [0.3, 0.4) is 0 Å². The van der Waals surface area contributed by atoms with E-state index in [0.717, 1.165) is 4.68 Å². The van der Waals surface area contributed by atoms with Gasteiger partial charge in [-0.3, -0.25) is 9.59 Å². The Morgan fingerprint density at radius 1 is 1.22 bits per heavy atom. The summed E-state index contributed by atoms with van der Waals surface area (Å²) < 4.78 is 42.0. The number of anilines is 1. The fourth-order valence-corrected chi connectivity index (χ4v) is 4.15. The Morgan fingerprint density at radius 3 is 2.75 bits per heavy atom. The highest BCUT2D eigenvalue weighted by molar-refractivity contribution is 6.31. The number of alkyl halides is 2. The van der Waals surface area contributed by atoms with Crippen molar-refractivity contribution in [2.24, 2.45) is 0 Å². The summed E-state index contributed by atoms with van der Waals surface area (Å²) in [5.41, 5.74) is 1.03. The van der Waals surface area contributed by atoms with Crippen LogP contribution < -0.4 is 24.7 Å². The van der Waals surface area contributed by atoms with Gasteiger partial charge in [0.25, 0.3) is 5.56 Å². The summed E-state index contributed by atoms with van der Waals surface area (Å²) in [4.78, 5) is 34.6. The standard InChI is InChI=1S/C23H18ClF2N5O5/c1-3-30(14-4-5-16-17(9-14)36-23(25,26)35-16)18(32)10-31-22(33)21-20(27-11-28-21)19(29-31)12-6-13(24)8-15(7-12)34-2/h4-9,11H,3,10H2,1-2H3,(H,27,28). The Kier molecular flexibility index (Phi) is 5.75. The molecule has 0 radical (unpaired) electrons. The number of carbonyl (C=O) groups is 1. The number of H-pyrrole nitrogens is 1. The third-order valence-electron chi connectivity index (χ3n) is 5.51. The van der Waals surface area contributed by atoms with Crippen LogP contribution in [0.15, 0.2) is 47.5 Å². The number of nitrogens with zero attached hydrogens (tertiary/aromatic N) is 4. The van der Waals surface area contributed by atoms with Gasteiger partial charge in [0, 0.05) is 28.9 Å². The molecule has 1 aliphatic rings. The predicted molar refractivity (Wildman–Crippen MR) is 126 cm³/mol. The van der Waals surface area contributed by atoms with E-state index in [2.05, 4.69) is 24.5 Å². The molecule has 2 aromatic carbocycles. The molecule has 36 heavy (non-hydrogen) atoms. The van der Waals surface area contributed by atoms with Gasteiger partial charge in [0.15, 0.2) is 11.5 Å². The van der Waals surface area contributed by atoms with Gasteiger partial charge in [-0.25, -0.2) is 9.67 Å². The predicted octanol–water partition coefficient (Wildman–Crippen LogP) is 3.82. The van der Waals surface area contributed by atoms with Gasteiger partial charge in [0.1, 0.15) is 29.0 Å². The van der Waals surface area contributed by atoms with Crippen molar-refractivity contribution in [1.29, 1.82) is 0 Å². The zero-order chi connectivity index (χ0) is 25.6. The molecule has 3 heterocycles. The van der Waals surface area contributed by atoms with Gasteiger partial charge in [-0.15, -0.1) is 8.78 Å². The summed E-state index contributed by atoms with van der Waals surface area (Å²) in [5, 5.41) is 4.79. The Morgan fingerprint density at radius 2 is 2.00 bits per heavy atom. The van der Waals surface area contributed by atoms with Crippen LogP contribution in [0.25, 0.3) is 22.3 Å². The smallest absolute Gasteiger partial charge is 0.497 e. The average molecular weight is 518 g/mol. The van der Waals surface area contributed by atoms with E-state index < -0.39 is 24.3 Å². The summed E-state index contributed by atoms with van der Waals surface area (Å²) in [6.45, 7) is 1.46. The van der Waals surface area contributed by atoms with Crippen molar-refractivity contribution in [3.63, 3.8) is 0 Å². The van der Waals surface area contributed by atoms with E-state index in [1.165, 1.54) is 36.5 Å². The Labute approximate surface area is 207 Å². The van der Waals surface area contributed by atoms with Crippen molar-refractivity contribution in [2.75, 3.05) is 18.6 Å². The zero-order valence-electron chi connectivity index (χ0n) is 18.9. The van der Waals surface area contributed by atoms with Crippen molar-refractivity contribution in [3.8, 4) is 28.5 Å². The highest BCUT2D eigenvalue weighted by Crippen LogP contribution is 2.42. The number of ether oxygens (including phenoxy) is 3. The lowest BCUT2D eigenvalue weighted by Crippen LogP contribution is -2.37. The van der Waals surface area contributed by atoms with Crippen molar-refractivity contribution < 1.29 is 27.8 Å². The molecule has 4 aromatic rings. The van der Waals surface area contributed by atoms with Crippen LogP contribution in [0.1, 0.15) is 6.92 Å². The van der Waals surface area contributed by atoms with Gasteiger partial charge in [0.05, 0.1) is 13.4 Å². The summed E-state index contributed by atoms with van der Waals surface area (Å²) in [7, 11) is 1.49. The number of fused-ring (bicyclic) bond motifs is 2. The van der Waals surface area contributed by atoms with E-state index in [1.54, 1.807) is 25.1 Å². The Hall–Kier alpha value is -4.19. The monoisotopic (exact) mass is 517 g/mol. The number of nitrogens with one attached hydrogen (secondary N) is 1. The molecule has 0 aliphatic carbocycles. The summed E-state index contributed by atoms with van der Waals surface area (Å²) in [6.07, 6.45) is -2.43. The van der Waals surface area contributed by atoms with E-state index >= 15 is 0 Å². The van der Waals surface area contributed by atoms with Gasteiger partial charge in [0.2, 0.25) is 5.91 Å². The first kappa shape index (κ1) is 23.5. The molecule has 1 aliphatic heterocycles. The number of hydrogen-bond donors (Lipinski definition) is 1. The highest BCUT2D eigenvalue weighted by atomic mass is 35.5. The molecule has 0 bridgehead atoms. The number of methoxy groups -OCH3 is 1. The maximum absolute atomic E-state index is 13.4. The lowest BCUT2D eigenvalue weighted by molar-refractivity contribution is -0.286. The average Bonchev–Trinajstić information content (AvgIpc) is 3.44. The van der Waals surface area contributed by atoms with Crippen molar-refractivity contribution in [3.05, 3.63) is 58.1 Å². The maximum atomic E-state index is 13.4. The van der Waals surface area contributed by atoms with Gasteiger partial charge in [-0.2, -0.15) is 5.10 Å². The number of likely N-dealkylation sites (N-methyl/N-ethyl adjacent to an activating group) is 1. The number of halogens is 3. The summed E-state index contributed by atoms with van der Waals surface area (Å²) in [6, 6.07) is 8.94. The van der Waals surface area contributed by atoms with E-state index in [1.807, 2.05) is 0 Å². The fraction of sp³-hybridized carbons (Fsp3) is 0.217. The molecule has 0 fully saturated rings. The maximum Gasteiger partial charge on any atom is 0.586 e. The fourth-order valence-electron chi connectivity index (χ4n) is 3.92. The van der Waals surface area contributed by atoms with Crippen molar-refractivity contribution >= 4 is 34.2 Å². The van der Waals surface area contributed by atoms with E-state index in [-0.39, 0.29) is 29.2 Å². The van der Waals surface area contributed by atoms with Gasteiger partial charge in [-0.05, 0) is 37.3 Å². The van der Waals surface area contributed by atoms with E-state index in [0.29, 0.717) is 27.5 Å². The van der Waals surface area contributed by atoms with Crippen LogP contribution in [0, 0.1) is 0 Å². The van der Waals surface area contributed by atoms with Gasteiger partial charge in [-0.1, -0.05) is 11.6 Å². The second-order valence-electron chi connectivity index (χ2n) is 7.75. The number of rotatable bonds is 6. The second kappa shape index (κ2) is 8.79. The van der Waals surface area contributed by atoms with Crippen molar-refractivity contribution in [2.45, 2.75) is 19.8 Å². The molecule has 1 amide bonds. The molecule has 0 spiro atoms. The first-order valence-electron chi connectivity index (χ1n) is 10.7. The number of imidazole rings is 1. The lowest BCUT2D eigenvalue weighted by Gasteiger charge is -2.21. The Bertz CT molecular complexity index is 1550. The second-order valence-corrected chi connectivity index (χ2v) is 8.19. The van der Waals surface area contributed by atoms with E-state index in [4.69, 9.17) is 16.3 Å². The third kappa shape index (κ3) is 4.19. The number of carbonyl (C=O) groups excluding carboxylic acids is 1. The first-order valence-corrected chi connectivity index (χ1v) is 11.1. The van der Waals surface area contributed by atoms with Crippen LogP contribution in [0.5, 0.6) is 17.2 Å². The highest BCUT2D eigenvalue weighted by Gasteiger charge is 2.43. The molecule has 1 N–H and O–H groups in total. The minimum Gasteiger partial charge on any atom is -0.497 e.